The normalized spacial score (nSPS) is 21.0. The molecule has 1 amide bonds. The van der Waals surface area contributed by atoms with E-state index in [4.69, 9.17) is 0 Å². The van der Waals surface area contributed by atoms with Crippen LogP contribution in [0, 0.1) is 5.92 Å². The largest absolute Gasteiger partial charge is 0.393 e. The summed E-state index contributed by atoms with van der Waals surface area (Å²) in [6, 6.07) is 5.37. The van der Waals surface area contributed by atoms with Gasteiger partial charge in [0.25, 0.3) is 5.91 Å². The zero-order chi connectivity index (χ0) is 15.5. The van der Waals surface area contributed by atoms with Gasteiger partial charge in [-0.1, -0.05) is 6.42 Å². The third-order valence-corrected chi connectivity index (χ3v) is 4.21. The van der Waals surface area contributed by atoms with Crippen molar-refractivity contribution < 1.29 is 9.90 Å². The minimum atomic E-state index is -0.293. The lowest BCUT2D eigenvalue weighted by Gasteiger charge is -2.23. The molecule has 1 fully saturated rings. The van der Waals surface area contributed by atoms with Crippen LogP contribution in [0.4, 0.5) is 0 Å². The summed E-state index contributed by atoms with van der Waals surface area (Å²) in [5, 5.41) is 14.0. The third-order valence-electron chi connectivity index (χ3n) is 4.21. The van der Waals surface area contributed by atoms with Crippen LogP contribution < -0.4 is 0 Å². The molecule has 0 radical (unpaired) electrons. The summed E-state index contributed by atoms with van der Waals surface area (Å²) < 4.78 is 1.69. The fourth-order valence-electron chi connectivity index (χ4n) is 2.96. The molecule has 1 saturated carbocycles. The lowest BCUT2D eigenvalue weighted by molar-refractivity contribution is 0.0688. The van der Waals surface area contributed by atoms with E-state index in [0.717, 1.165) is 24.9 Å². The van der Waals surface area contributed by atoms with Crippen molar-refractivity contribution in [3.8, 4) is 5.69 Å². The van der Waals surface area contributed by atoms with E-state index in [1.54, 1.807) is 35.1 Å². The molecule has 2 atom stereocenters. The molecule has 2 aromatic rings. The Labute approximate surface area is 129 Å². The lowest BCUT2D eigenvalue weighted by Crippen LogP contribution is -2.35. The van der Waals surface area contributed by atoms with Gasteiger partial charge in [0.2, 0.25) is 0 Å². The molecule has 0 saturated heterocycles. The van der Waals surface area contributed by atoms with E-state index >= 15 is 0 Å². The van der Waals surface area contributed by atoms with Gasteiger partial charge in [-0.05, 0) is 31.0 Å². The van der Waals surface area contributed by atoms with Gasteiger partial charge < -0.3 is 10.0 Å². The highest BCUT2D eigenvalue weighted by Gasteiger charge is 2.28. The van der Waals surface area contributed by atoms with Crippen LogP contribution in [0.5, 0.6) is 0 Å². The van der Waals surface area contributed by atoms with E-state index in [9.17, 15) is 9.90 Å². The van der Waals surface area contributed by atoms with Crippen LogP contribution in [0.3, 0.4) is 0 Å². The van der Waals surface area contributed by atoms with Crippen LogP contribution in [-0.2, 0) is 0 Å². The Morgan fingerprint density at radius 3 is 3.00 bits per heavy atom. The summed E-state index contributed by atoms with van der Waals surface area (Å²) in [6.07, 6.45) is 7.67. The van der Waals surface area contributed by atoms with E-state index in [1.807, 2.05) is 18.3 Å². The highest BCUT2D eigenvalue weighted by Crippen LogP contribution is 2.26. The number of hydrogen-bond acceptors (Lipinski definition) is 4. The van der Waals surface area contributed by atoms with E-state index in [1.165, 1.54) is 0 Å². The standard InChI is InChI=1S/C16H20N4O2/c1-19(11-12-4-2-5-15(12)21)16(22)14-10-13(6-8-17-14)20-9-3-7-18-20/h3,6-10,12,15,21H,2,4-5,11H2,1H3. The number of aliphatic hydroxyl groups is 1. The Morgan fingerprint density at radius 1 is 1.45 bits per heavy atom. The second-order valence-electron chi connectivity index (χ2n) is 5.79. The average molecular weight is 300 g/mol. The van der Waals surface area contributed by atoms with Gasteiger partial charge >= 0.3 is 0 Å². The molecule has 3 rings (SSSR count). The fraction of sp³-hybridized carbons (Fsp3) is 0.438. The maximum absolute atomic E-state index is 12.5. The number of carbonyl (C=O) groups excluding carboxylic acids is 1. The number of aliphatic hydroxyl groups excluding tert-OH is 1. The first-order valence-electron chi connectivity index (χ1n) is 7.55. The first-order valence-corrected chi connectivity index (χ1v) is 7.55. The molecule has 0 aliphatic heterocycles. The van der Waals surface area contributed by atoms with Gasteiger partial charge in [-0.2, -0.15) is 5.10 Å². The maximum atomic E-state index is 12.5. The molecule has 2 aromatic heterocycles. The molecule has 6 heteroatoms. The molecule has 22 heavy (non-hydrogen) atoms. The molecule has 0 bridgehead atoms. The number of pyridine rings is 1. The number of hydrogen-bond donors (Lipinski definition) is 1. The Balaban J connectivity index is 1.73. The van der Waals surface area contributed by atoms with Crippen LogP contribution in [0.1, 0.15) is 29.8 Å². The SMILES string of the molecule is CN(CC1CCCC1O)C(=O)c1cc(-n2cccn2)ccn1. The van der Waals surface area contributed by atoms with Crippen LogP contribution in [-0.4, -0.2) is 50.4 Å². The Bertz CT molecular complexity index is 641. The van der Waals surface area contributed by atoms with Gasteiger partial charge in [-0.15, -0.1) is 0 Å². The number of amides is 1. The highest BCUT2D eigenvalue weighted by atomic mass is 16.3. The molecule has 116 valence electrons. The van der Waals surface area contributed by atoms with Crippen LogP contribution in [0.15, 0.2) is 36.8 Å². The van der Waals surface area contributed by atoms with Crippen molar-refractivity contribution in [1.82, 2.24) is 19.7 Å². The molecule has 0 aromatic carbocycles. The minimum absolute atomic E-state index is 0.131. The van der Waals surface area contributed by atoms with Gasteiger partial charge in [0.05, 0.1) is 11.8 Å². The molecule has 6 nitrogen and oxygen atoms in total. The zero-order valence-corrected chi connectivity index (χ0v) is 12.6. The topological polar surface area (TPSA) is 71.2 Å². The predicted molar refractivity (Wildman–Crippen MR) is 81.7 cm³/mol. The maximum Gasteiger partial charge on any atom is 0.272 e. The van der Waals surface area contributed by atoms with Crippen molar-refractivity contribution in [1.29, 1.82) is 0 Å². The quantitative estimate of drug-likeness (QED) is 0.929. The van der Waals surface area contributed by atoms with Gasteiger partial charge in [0.15, 0.2) is 0 Å². The highest BCUT2D eigenvalue weighted by molar-refractivity contribution is 5.92. The van der Waals surface area contributed by atoms with Gasteiger partial charge in [0, 0.05) is 38.1 Å². The van der Waals surface area contributed by atoms with E-state index < -0.39 is 0 Å². The van der Waals surface area contributed by atoms with Crippen LogP contribution >= 0.6 is 0 Å². The van der Waals surface area contributed by atoms with Crippen molar-refractivity contribution in [2.45, 2.75) is 25.4 Å². The summed E-state index contributed by atoms with van der Waals surface area (Å²) >= 11 is 0. The van der Waals surface area contributed by atoms with Crippen molar-refractivity contribution in [2.24, 2.45) is 5.92 Å². The van der Waals surface area contributed by atoms with E-state index in [-0.39, 0.29) is 17.9 Å². The summed E-state index contributed by atoms with van der Waals surface area (Å²) in [7, 11) is 1.76. The smallest absolute Gasteiger partial charge is 0.272 e. The lowest BCUT2D eigenvalue weighted by atomic mass is 10.1. The van der Waals surface area contributed by atoms with Gasteiger partial charge in [-0.25, -0.2) is 4.68 Å². The van der Waals surface area contributed by atoms with Crippen LogP contribution in [0.25, 0.3) is 5.69 Å². The molecule has 1 aliphatic rings. The average Bonchev–Trinajstić information content (AvgIpc) is 3.19. The number of carbonyl (C=O) groups is 1. The number of rotatable bonds is 4. The second kappa shape index (κ2) is 6.27. The van der Waals surface area contributed by atoms with Crippen molar-refractivity contribution >= 4 is 5.91 Å². The molecule has 2 heterocycles. The van der Waals surface area contributed by atoms with Crippen molar-refractivity contribution in [2.75, 3.05) is 13.6 Å². The molecule has 2 unspecified atom stereocenters. The fourth-order valence-corrected chi connectivity index (χ4v) is 2.96. The first-order chi connectivity index (χ1) is 10.6. The Hall–Kier alpha value is -2.21. The zero-order valence-electron chi connectivity index (χ0n) is 12.6. The minimum Gasteiger partial charge on any atom is -0.393 e. The Kier molecular flexibility index (Phi) is 4.20. The molecule has 1 aliphatic carbocycles. The molecule has 0 spiro atoms. The van der Waals surface area contributed by atoms with E-state index in [0.29, 0.717) is 12.2 Å². The summed E-state index contributed by atoms with van der Waals surface area (Å²) in [6.45, 7) is 0.563. The van der Waals surface area contributed by atoms with E-state index in [2.05, 4.69) is 10.1 Å². The molecular weight excluding hydrogens is 280 g/mol. The second-order valence-corrected chi connectivity index (χ2v) is 5.79. The molecule has 1 N–H and O–H groups in total. The Morgan fingerprint density at radius 2 is 2.32 bits per heavy atom. The molecular formula is C16H20N4O2. The first kappa shape index (κ1) is 14.7. The van der Waals surface area contributed by atoms with Gasteiger partial charge in [0.1, 0.15) is 5.69 Å². The van der Waals surface area contributed by atoms with Crippen molar-refractivity contribution in [3.63, 3.8) is 0 Å². The van der Waals surface area contributed by atoms with Crippen LogP contribution in [0.2, 0.25) is 0 Å². The monoisotopic (exact) mass is 300 g/mol. The summed E-state index contributed by atoms with van der Waals surface area (Å²) in [4.78, 5) is 18.3. The number of aromatic nitrogens is 3. The number of nitrogens with zero attached hydrogens (tertiary/aromatic N) is 4. The van der Waals surface area contributed by atoms with Gasteiger partial charge in [-0.3, -0.25) is 9.78 Å². The summed E-state index contributed by atoms with van der Waals surface area (Å²) in [5.74, 6) is 0.0383. The predicted octanol–water partition coefficient (Wildman–Crippen LogP) is 1.50. The third kappa shape index (κ3) is 3.01. The van der Waals surface area contributed by atoms with Crippen molar-refractivity contribution in [3.05, 3.63) is 42.5 Å². The summed E-state index contributed by atoms with van der Waals surface area (Å²) in [5.41, 5.74) is 1.20.